The zero-order chi connectivity index (χ0) is 15.0. The molecule has 0 saturated carbocycles. The lowest BCUT2D eigenvalue weighted by Crippen LogP contribution is -2.36. The number of carbonyl (C=O) groups excluding carboxylic acids is 1. The third-order valence-electron chi connectivity index (χ3n) is 3.94. The number of rotatable bonds is 1. The highest BCUT2D eigenvalue weighted by atomic mass is 19.4. The van der Waals surface area contributed by atoms with Crippen LogP contribution in [0.2, 0.25) is 0 Å². The van der Waals surface area contributed by atoms with Crippen molar-refractivity contribution in [2.24, 2.45) is 0 Å². The van der Waals surface area contributed by atoms with Crippen LogP contribution in [-0.4, -0.2) is 30.1 Å². The molecule has 2 heterocycles. The highest BCUT2D eigenvalue weighted by Crippen LogP contribution is 2.30. The van der Waals surface area contributed by atoms with Crippen molar-refractivity contribution in [3.8, 4) is 0 Å². The summed E-state index contributed by atoms with van der Waals surface area (Å²) in [7, 11) is 0. The number of carbonyl (C=O) groups is 1. The smallest absolute Gasteiger partial charge is 0.335 e. The zero-order valence-electron chi connectivity index (χ0n) is 11.3. The molecule has 1 amide bonds. The monoisotopic (exact) mass is 296 g/mol. The molecule has 2 aliphatic rings. The van der Waals surface area contributed by atoms with Gasteiger partial charge in [-0.1, -0.05) is 12.1 Å². The minimum atomic E-state index is -4.28. The summed E-state index contributed by atoms with van der Waals surface area (Å²) in [5, 5.41) is 3.20. The van der Waals surface area contributed by atoms with Crippen LogP contribution in [0.25, 0.3) is 0 Å². The first-order valence-electron chi connectivity index (χ1n) is 6.83. The van der Waals surface area contributed by atoms with Crippen LogP contribution in [0.3, 0.4) is 0 Å². The van der Waals surface area contributed by atoms with E-state index in [9.17, 15) is 18.0 Å². The molecule has 0 bridgehead atoms. The van der Waals surface area contributed by atoms with Crippen molar-refractivity contribution in [3.63, 3.8) is 0 Å². The van der Waals surface area contributed by atoms with Crippen molar-refractivity contribution in [2.45, 2.75) is 25.7 Å². The van der Waals surface area contributed by atoms with Crippen molar-refractivity contribution in [2.75, 3.05) is 13.1 Å². The van der Waals surface area contributed by atoms with Crippen LogP contribution in [0.5, 0.6) is 0 Å². The Balaban J connectivity index is 1.74. The van der Waals surface area contributed by atoms with E-state index in [-0.39, 0.29) is 25.4 Å². The lowest BCUT2D eigenvalue weighted by Gasteiger charge is -2.27. The van der Waals surface area contributed by atoms with Crippen molar-refractivity contribution in [1.29, 1.82) is 0 Å². The van der Waals surface area contributed by atoms with E-state index in [4.69, 9.17) is 0 Å². The Morgan fingerprint density at radius 3 is 2.62 bits per heavy atom. The molecule has 6 heteroatoms. The lowest BCUT2D eigenvalue weighted by atomic mass is 10.0. The summed E-state index contributed by atoms with van der Waals surface area (Å²) in [5.41, 5.74) is 2.26. The first kappa shape index (κ1) is 14.1. The van der Waals surface area contributed by atoms with Gasteiger partial charge in [-0.2, -0.15) is 13.2 Å². The van der Waals surface area contributed by atoms with Crippen LogP contribution < -0.4 is 5.32 Å². The normalized spacial score (nSPS) is 18.4. The Bertz CT molecular complexity index is 607. The summed E-state index contributed by atoms with van der Waals surface area (Å²) < 4.78 is 37.7. The van der Waals surface area contributed by atoms with E-state index >= 15 is 0 Å². The van der Waals surface area contributed by atoms with Gasteiger partial charge < -0.3 is 10.2 Å². The molecular weight excluding hydrogens is 281 g/mol. The molecule has 1 N–H and O–H groups in total. The Morgan fingerprint density at radius 2 is 1.95 bits per heavy atom. The molecule has 112 valence electrons. The summed E-state index contributed by atoms with van der Waals surface area (Å²) in [6, 6.07) is 5.49. The van der Waals surface area contributed by atoms with Crippen molar-refractivity contribution >= 4 is 5.91 Å². The van der Waals surface area contributed by atoms with E-state index < -0.39 is 11.7 Å². The van der Waals surface area contributed by atoms with Crippen molar-refractivity contribution in [3.05, 3.63) is 46.5 Å². The minimum absolute atomic E-state index is 0.0169. The highest BCUT2D eigenvalue weighted by Gasteiger charge is 2.35. The van der Waals surface area contributed by atoms with Gasteiger partial charge in [0.1, 0.15) is 0 Å². The maximum atomic E-state index is 12.6. The van der Waals surface area contributed by atoms with E-state index in [2.05, 4.69) is 5.32 Å². The molecule has 0 spiro atoms. The molecule has 0 atom stereocenters. The molecule has 3 rings (SSSR count). The predicted molar refractivity (Wildman–Crippen MR) is 71.6 cm³/mol. The van der Waals surface area contributed by atoms with E-state index in [1.165, 1.54) is 10.5 Å². The molecule has 0 fully saturated rings. The number of alkyl halides is 3. The number of hydrogen-bond acceptors (Lipinski definition) is 2. The lowest BCUT2D eigenvalue weighted by molar-refractivity contribution is -0.0957. The minimum Gasteiger partial charge on any atom is -0.335 e. The van der Waals surface area contributed by atoms with Crippen LogP contribution in [0, 0.1) is 0 Å². The second-order valence-electron chi connectivity index (χ2n) is 5.32. The summed E-state index contributed by atoms with van der Waals surface area (Å²) in [5.74, 6) is -0.206. The number of halogens is 3. The SMILES string of the molecule is O=C(c1ccc2c(c1)CNC2)N1CC=C(C(F)(F)F)CC1. The molecule has 3 nitrogen and oxygen atoms in total. The van der Waals surface area contributed by atoms with Gasteiger partial charge in [0.25, 0.3) is 5.91 Å². The van der Waals surface area contributed by atoms with Gasteiger partial charge >= 0.3 is 6.18 Å². The van der Waals surface area contributed by atoms with Gasteiger partial charge in [0.15, 0.2) is 0 Å². The number of amides is 1. The van der Waals surface area contributed by atoms with E-state index in [0.717, 1.165) is 24.7 Å². The summed E-state index contributed by atoms with van der Waals surface area (Å²) in [6.45, 7) is 1.66. The Labute approximate surface area is 120 Å². The van der Waals surface area contributed by atoms with Crippen LogP contribution in [0.4, 0.5) is 13.2 Å². The Morgan fingerprint density at radius 1 is 1.19 bits per heavy atom. The van der Waals surface area contributed by atoms with Crippen molar-refractivity contribution < 1.29 is 18.0 Å². The third kappa shape index (κ3) is 2.81. The molecule has 1 aromatic rings. The van der Waals surface area contributed by atoms with Crippen LogP contribution in [0.1, 0.15) is 27.9 Å². The molecular formula is C15H15F3N2O. The topological polar surface area (TPSA) is 32.3 Å². The molecule has 0 saturated heterocycles. The standard InChI is InChI=1S/C15H15F3N2O/c16-15(17,18)13-3-5-20(6-4-13)14(21)10-1-2-11-8-19-9-12(11)7-10/h1-3,7,19H,4-6,8-9H2. The van der Waals surface area contributed by atoms with Gasteiger partial charge in [0.2, 0.25) is 0 Å². The average molecular weight is 296 g/mol. The molecule has 2 aliphatic heterocycles. The van der Waals surface area contributed by atoms with Gasteiger partial charge in [-0.05, 0) is 29.7 Å². The molecule has 0 aliphatic carbocycles. The van der Waals surface area contributed by atoms with Gasteiger partial charge in [0, 0.05) is 37.3 Å². The van der Waals surface area contributed by atoms with Crippen LogP contribution in [0.15, 0.2) is 29.8 Å². The number of fused-ring (bicyclic) bond motifs is 1. The highest BCUT2D eigenvalue weighted by molar-refractivity contribution is 5.94. The fraction of sp³-hybridized carbons (Fsp3) is 0.400. The van der Waals surface area contributed by atoms with Gasteiger partial charge in [-0.15, -0.1) is 0 Å². The number of benzene rings is 1. The van der Waals surface area contributed by atoms with Gasteiger partial charge in [-0.3, -0.25) is 4.79 Å². The van der Waals surface area contributed by atoms with E-state index in [0.29, 0.717) is 5.56 Å². The first-order chi connectivity index (χ1) is 9.95. The predicted octanol–water partition coefficient (Wildman–Crippen LogP) is 2.62. The van der Waals surface area contributed by atoms with Gasteiger partial charge in [-0.25, -0.2) is 0 Å². The zero-order valence-corrected chi connectivity index (χ0v) is 11.3. The van der Waals surface area contributed by atoms with E-state index in [1.807, 2.05) is 12.1 Å². The molecule has 0 radical (unpaired) electrons. The molecule has 0 unspecified atom stereocenters. The summed E-state index contributed by atoms with van der Waals surface area (Å²) in [6.07, 6.45) is -3.31. The number of nitrogens with one attached hydrogen (secondary N) is 1. The van der Waals surface area contributed by atoms with Crippen LogP contribution in [-0.2, 0) is 13.1 Å². The van der Waals surface area contributed by atoms with Gasteiger partial charge in [0.05, 0.1) is 0 Å². The third-order valence-corrected chi connectivity index (χ3v) is 3.94. The largest absolute Gasteiger partial charge is 0.412 e. The number of hydrogen-bond donors (Lipinski definition) is 1. The summed E-state index contributed by atoms with van der Waals surface area (Å²) in [4.78, 5) is 13.8. The van der Waals surface area contributed by atoms with E-state index in [1.54, 1.807) is 6.07 Å². The molecule has 21 heavy (non-hydrogen) atoms. The maximum Gasteiger partial charge on any atom is 0.412 e. The first-order valence-corrected chi connectivity index (χ1v) is 6.83. The molecule has 0 aromatic heterocycles. The fourth-order valence-corrected chi connectivity index (χ4v) is 2.72. The van der Waals surface area contributed by atoms with Crippen LogP contribution >= 0.6 is 0 Å². The average Bonchev–Trinajstić information content (AvgIpc) is 2.93. The summed E-state index contributed by atoms with van der Waals surface area (Å²) >= 11 is 0. The Kier molecular flexibility index (Phi) is 3.49. The Hall–Kier alpha value is -1.82. The second kappa shape index (κ2) is 5.18. The second-order valence-corrected chi connectivity index (χ2v) is 5.32. The fourth-order valence-electron chi connectivity index (χ4n) is 2.72. The molecule has 1 aromatic carbocycles. The van der Waals surface area contributed by atoms with Crippen molar-refractivity contribution in [1.82, 2.24) is 10.2 Å². The quantitative estimate of drug-likeness (QED) is 0.808. The number of nitrogens with zero attached hydrogens (tertiary/aromatic N) is 1. The maximum absolute atomic E-state index is 12.6.